The maximum absolute atomic E-state index is 13.7. The van der Waals surface area contributed by atoms with Crippen molar-refractivity contribution in [3.8, 4) is 6.07 Å². The van der Waals surface area contributed by atoms with Crippen molar-refractivity contribution < 1.29 is 27.5 Å². The van der Waals surface area contributed by atoms with Gasteiger partial charge in [0.05, 0.1) is 28.6 Å². The maximum atomic E-state index is 13.7. The molecule has 1 heterocycles. The number of carbonyl (C=O) groups excluding carboxylic acids is 3. The number of benzene rings is 3. The average molecular weight is 581 g/mol. The Bertz CT molecular complexity index is 1600. The van der Waals surface area contributed by atoms with Crippen molar-refractivity contribution in [3.05, 3.63) is 88.4 Å². The average Bonchev–Trinajstić information content (AvgIpc) is 2.92. The lowest BCUT2D eigenvalue weighted by molar-refractivity contribution is -0.148. The van der Waals surface area contributed by atoms with E-state index >= 15 is 0 Å². The van der Waals surface area contributed by atoms with Crippen LogP contribution in [0.15, 0.2) is 71.6 Å². The molecule has 0 radical (unpaired) electrons. The van der Waals surface area contributed by atoms with Crippen LogP contribution in [0, 0.1) is 11.3 Å². The Kier molecular flexibility index (Phi) is 8.84. The van der Waals surface area contributed by atoms with Crippen molar-refractivity contribution in [2.24, 2.45) is 0 Å². The number of nitrogens with one attached hydrogen (secondary N) is 2. The third-order valence-corrected chi connectivity index (χ3v) is 8.40. The van der Waals surface area contributed by atoms with Gasteiger partial charge in [-0.3, -0.25) is 14.4 Å². The van der Waals surface area contributed by atoms with Gasteiger partial charge >= 0.3 is 5.97 Å². The number of halogens is 1. The van der Waals surface area contributed by atoms with Crippen LogP contribution >= 0.6 is 11.6 Å². The highest BCUT2D eigenvalue weighted by Gasteiger charge is 2.38. The van der Waals surface area contributed by atoms with Gasteiger partial charge in [-0.2, -0.15) is 9.57 Å². The lowest BCUT2D eigenvalue weighted by Gasteiger charge is -2.36. The summed E-state index contributed by atoms with van der Waals surface area (Å²) in [4.78, 5) is 36.6. The molecule has 206 valence electrons. The molecule has 1 aliphatic heterocycles. The van der Waals surface area contributed by atoms with E-state index in [1.165, 1.54) is 53.7 Å². The topological polar surface area (TPSA) is 146 Å². The summed E-state index contributed by atoms with van der Waals surface area (Å²) in [6.07, 6.45) is 0.127. The first kappa shape index (κ1) is 28.8. The van der Waals surface area contributed by atoms with Gasteiger partial charge in [0, 0.05) is 24.2 Å². The first-order valence-corrected chi connectivity index (χ1v) is 14.0. The minimum absolute atomic E-state index is 0.00791. The van der Waals surface area contributed by atoms with Crippen LogP contribution in [0.25, 0.3) is 0 Å². The van der Waals surface area contributed by atoms with E-state index in [9.17, 15) is 28.1 Å². The van der Waals surface area contributed by atoms with E-state index in [2.05, 4.69) is 10.6 Å². The largest absolute Gasteiger partial charge is 0.456 e. The van der Waals surface area contributed by atoms with Crippen molar-refractivity contribution in [1.29, 1.82) is 5.26 Å². The molecule has 4 rings (SSSR count). The molecule has 0 bridgehead atoms. The Morgan fingerprint density at radius 2 is 1.80 bits per heavy atom. The highest BCUT2D eigenvalue weighted by Crippen LogP contribution is 2.36. The van der Waals surface area contributed by atoms with Crippen molar-refractivity contribution in [1.82, 2.24) is 4.31 Å². The lowest BCUT2D eigenvalue weighted by Crippen LogP contribution is -2.41. The summed E-state index contributed by atoms with van der Waals surface area (Å²) >= 11 is 5.94. The molecule has 1 atom stereocenters. The number of nitrogens with zero attached hydrogens (tertiary/aromatic N) is 2. The van der Waals surface area contributed by atoms with E-state index in [-0.39, 0.29) is 35.0 Å². The molecule has 0 saturated heterocycles. The Morgan fingerprint density at radius 3 is 2.50 bits per heavy atom. The maximum Gasteiger partial charge on any atom is 0.308 e. The van der Waals surface area contributed by atoms with Gasteiger partial charge in [-0.25, -0.2) is 8.42 Å². The molecule has 3 aromatic carbocycles. The van der Waals surface area contributed by atoms with Crippen LogP contribution in [0.3, 0.4) is 0 Å². The zero-order valence-electron chi connectivity index (χ0n) is 21.4. The summed E-state index contributed by atoms with van der Waals surface area (Å²) in [6, 6.07) is 18.5. The minimum Gasteiger partial charge on any atom is -0.456 e. The van der Waals surface area contributed by atoms with E-state index in [0.717, 1.165) is 5.56 Å². The Hall–Kier alpha value is -4.24. The fourth-order valence-corrected chi connectivity index (χ4v) is 6.22. The number of hydrogen-bond acceptors (Lipinski definition) is 7. The van der Waals surface area contributed by atoms with Crippen LogP contribution in [0.1, 0.15) is 36.1 Å². The number of hydrogen-bond donors (Lipinski definition) is 2. The summed E-state index contributed by atoms with van der Waals surface area (Å²) in [5.74, 6) is -1.74. The van der Waals surface area contributed by atoms with Gasteiger partial charge in [0.2, 0.25) is 15.9 Å². The van der Waals surface area contributed by atoms with Gasteiger partial charge in [0.15, 0.2) is 6.61 Å². The molecule has 1 aliphatic rings. The van der Waals surface area contributed by atoms with Crippen molar-refractivity contribution >= 4 is 50.8 Å². The van der Waals surface area contributed by atoms with E-state index in [0.29, 0.717) is 22.7 Å². The normalized spacial score (nSPS) is 14.9. The second kappa shape index (κ2) is 12.3. The molecule has 10 nitrogen and oxygen atoms in total. The molecule has 0 unspecified atom stereocenters. The second-order valence-electron chi connectivity index (χ2n) is 9.00. The van der Waals surface area contributed by atoms with Gasteiger partial charge < -0.3 is 15.4 Å². The number of fused-ring (bicyclic) bond motifs is 1. The number of esters is 1. The Labute approximate surface area is 236 Å². The SMILES string of the molecule is CC(=O)Nc1ccc(S(=O)(=O)N2CCc3ccccc3[C@@H]2CC(=O)OCC(=O)Nc2cc(Cl)ccc2C#N)cc1. The van der Waals surface area contributed by atoms with Crippen LogP contribution in [-0.4, -0.2) is 43.7 Å². The number of carbonyl (C=O) groups is 3. The molecule has 2 amide bonds. The van der Waals surface area contributed by atoms with E-state index in [4.69, 9.17) is 16.3 Å². The molecule has 0 spiro atoms. The number of anilines is 2. The third-order valence-electron chi connectivity index (χ3n) is 6.24. The molecule has 2 N–H and O–H groups in total. The Morgan fingerprint density at radius 1 is 1.07 bits per heavy atom. The van der Waals surface area contributed by atoms with Crippen LogP contribution in [0.4, 0.5) is 11.4 Å². The molecule has 12 heteroatoms. The second-order valence-corrected chi connectivity index (χ2v) is 11.3. The molecule has 40 heavy (non-hydrogen) atoms. The predicted molar refractivity (Wildman–Crippen MR) is 148 cm³/mol. The van der Waals surface area contributed by atoms with Crippen molar-refractivity contribution in [3.63, 3.8) is 0 Å². The van der Waals surface area contributed by atoms with Crippen LogP contribution < -0.4 is 10.6 Å². The smallest absolute Gasteiger partial charge is 0.308 e. The molecular formula is C28H25ClN4O6S. The van der Waals surface area contributed by atoms with Gasteiger partial charge in [0.25, 0.3) is 5.91 Å². The fraction of sp³-hybridized carbons (Fsp3) is 0.214. The van der Waals surface area contributed by atoms with Gasteiger partial charge in [-0.1, -0.05) is 35.9 Å². The Balaban J connectivity index is 1.50. The first-order valence-electron chi connectivity index (χ1n) is 12.2. The highest BCUT2D eigenvalue weighted by molar-refractivity contribution is 7.89. The molecule has 0 aromatic heterocycles. The van der Waals surface area contributed by atoms with Gasteiger partial charge in [-0.15, -0.1) is 0 Å². The lowest BCUT2D eigenvalue weighted by atomic mass is 9.92. The fourth-order valence-electron chi connectivity index (χ4n) is 4.44. The van der Waals surface area contributed by atoms with Crippen molar-refractivity contribution in [2.75, 3.05) is 23.8 Å². The van der Waals surface area contributed by atoms with E-state index in [1.54, 1.807) is 12.1 Å². The number of sulfonamides is 1. The van der Waals surface area contributed by atoms with E-state index in [1.807, 2.05) is 18.2 Å². The van der Waals surface area contributed by atoms with Gasteiger partial charge in [0.1, 0.15) is 6.07 Å². The van der Waals surface area contributed by atoms with Gasteiger partial charge in [-0.05, 0) is 60.0 Å². The summed E-state index contributed by atoms with van der Waals surface area (Å²) in [6.45, 7) is 0.850. The van der Waals surface area contributed by atoms with Crippen LogP contribution in [0.5, 0.6) is 0 Å². The molecule has 0 aliphatic carbocycles. The number of rotatable bonds is 8. The van der Waals surface area contributed by atoms with Crippen LogP contribution in [0.2, 0.25) is 5.02 Å². The quantitative estimate of drug-likeness (QED) is 0.382. The summed E-state index contributed by atoms with van der Waals surface area (Å²) in [7, 11) is -4.04. The molecule has 0 saturated carbocycles. The standard InChI is InChI=1S/C28H25ClN4O6S/c1-18(34)31-22-8-10-23(11-9-22)40(37,38)33-13-12-19-4-2-3-5-24(19)26(33)15-28(36)39-17-27(35)32-25-14-21(29)7-6-20(25)16-30/h2-11,14,26H,12-13,15,17H2,1H3,(H,31,34)(H,32,35)/t26-/m0/s1. The number of ether oxygens (including phenoxy) is 1. The zero-order valence-corrected chi connectivity index (χ0v) is 23.0. The summed E-state index contributed by atoms with van der Waals surface area (Å²) in [5.41, 5.74) is 2.41. The third kappa shape index (κ3) is 6.66. The van der Waals surface area contributed by atoms with Crippen LogP contribution in [-0.2, 0) is 35.6 Å². The highest BCUT2D eigenvalue weighted by atomic mass is 35.5. The van der Waals surface area contributed by atoms with E-state index < -0.39 is 34.5 Å². The summed E-state index contributed by atoms with van der Waals surface area (Å²) < 4.78 is 33.8. The molecule has 0 fully saturated rings. The molecular weight excluding hydrogens is 556 g/mol. The first-order chi connectivity index (χ1) is 19.1. The monoisotopic (exact) mass is 580 g/mol. The minimum atomic E-state index is -4.04. The number of nitriles is 1. The molecule has 3 aromatic rings. The summed E-state index contributed by atoms with van der Waals surface area (Å²) in [5, 5.41) is 14.6. The number of amides is 2. The predicted octanol–water partition coefficient (Wildman–Crippen LogP) is 4.03. The van der Waals surface area contributed by atoms with Crippen molar-refractivity contribution in [2.45, 2.75) is 30.7 Å². The zero-order chi connectivity index (χ0) is 28.9.